The van der Waals surface area contributed by atoms with Crippen LogP contribution in [0.15, 0.2) is 0 Å². The monoisotopic (exact) mass is 1490 g/mol. The largest absolute Gasteiger partial charge is 0.472 e. The number of aliphatic hydroxyl groups excluding tert-OH is 1. The molecule has 0 aliphatic rings. The lowest BCUT2D eigenvalue weighted by atomic mass is 9.99. The maximum Gasteiger partial charge on any atom is 0.472 e. The van der Waals surface area contributed by atoms with Crippen LogP contribution in [-0.4, -0.2) is 96.7 Å². The molecule has 0 aliphatic carbocycles. The van der Waals surface area contributed by atoms with Gasteiger partial charge in [0.1, 0.15) is 19.3 Å². The summed E-state index contributed by atoms with van der Waals surface area (Å²) in [5.41, 5.74) is 0. The highest BCUT2D eigenvalue weighted by atomic mass is 31.2. The Hall–Kier alpha value is -1.94. The zero-order valence-electron chi connectivity index (χ0n) is 66.9. The second kappa shape index (κ2) is 74.5. The van der Waals surface area contributed by atoms with Crippen LogP contribution in [0.2, 0.25) is 0 Å². The van der Waals surface area contributed by atoms with E-state index in [0.29, 0.717) is 25.7 Å². The fourth-order valence-corrected chi connectivity index (χ4v) is 14.4. The first-order valence-corrected chi connectivity index (χ1v) is 46.0. The summed E-state index contributed by atoms with van der Waals surface area (Å²) in [6, 6.07) is 0. The Morgan fingerprint density at radius 1 is 0.284 bits per heavy atom. The minimum absolute atomic E-state index is 0.108. The second-order valence-corrected chi connectivity index (χ2v) is 33.5. The molecule has 0 aliphatic heterocycles. The van der Waals surface area contributed by atoms with Crippen LogP contribution >= 0.6 is 15.6 Å². The van der Waals surface area contributed by atoms with Gasteiger partial charge >= 0.3 is 39.5 Å². The molecule has 0 spiro atoms. The van der Waals surface area contributed by atoms with Gasteiger partial charge in [0, 0.05) is 25.7 Å². The van der Waals surface area contributed by atoms with Crippen LogP contribution in [0.5, 0.6) is 0 Å². The summed E-state index contributed by atoms with van der Waals surface area (Å²) >= 11 is 0. The Balaban J connectivity index is 5.17. The van der Waals surface area contributed by atoms with Crippen LogP contribution in [0.1, 0.15) is 440 Å². The first-order chi connectivity index (χ1) is 49.4. The third kappa shape index (κ3) is 74.9. The Bertz CT molecular complexity index is 1960. The molecule has 0 fully saturated rings. The number of ether oxygens (including phenoxy) is 4. The number of carbonyl (C=O) groups is 4. The third-order valence-corrected chi connectivity index (χ3v) is 21.7. The van der Waals surface area contributed by atoms with Gasteiger partial charge < -0.3 is 33.8 Å². The summed E-state index contributed by atoms with van der Waals surface area (Å²) in [5, 5.41) is 10.6. The predicted molar refractivity (Wildman–Crippen MR) is 418 cm³/mol. The molecule has 0 rings (SSSR count). The van der Waals surface area contributed by atoms with Crippen molar-refractivity contribution in [3.63, 3.8) is 0 Å². The van der Waals surface area contributed by atoms with Crippen molar-refractivity contribution in [1.82, 2.24) is 0 Å². The van der Waals surface area contributed by atoms with Gasteiger partial charge in [0.2, 0.25) is 0 Å². The maximum absolute atomic E-state index is 13.1. The lowest BCUT2D eigenvalue weighted by molar-refractivity contribution is -0.161. The minimum Gasteiger partial charge on any atom is -0.462 e. The van der Waals surface area contributed by atoms with E-state index in [-0.39, 0.29) is 25.7 Å². The second-order valence-electron chi connectivity index (χ2n) is 30.6. The Morgan fingerprint density at radius 2 is 0.500 bits per heavy atom. The van der Waals surface area contributed by atoms with Crippen molar-refractivity contribution >= 4 is 39.5 Å². The molecule has 606 valence electrons. The highest BCUT2D eigenvalue weighted by Crippen LogP contribution is 2.45. The number of rotatable bonds is 82. The zero-order chi connectivity index (χ0) is 74.9. The SMILES string of the molecule is CCCCCCCCCCCCCCCCCC(=O)O[C@H](COC(=O)CCCCCCCCC)COP(=O)(O)OC[C@H](O)COP(=O)(O)OC[C@@H](COC(=O)CCCCCCCCCCCCCCCCCC(C)C)OC(=O)CCCCCCCCCCCCCCCCCCCCC(C)CC. The maximum atomic E-state index is 13.1. The molecule has 19 heteroatoms. The van der Waals surface area contributed by atoms with Crippen molar-refractivity contribution in [3.05, 3.63) is 0 Å². The Labute approximate surface area is 626 Å². The molecular formula is C83H162O17P2. The number of unbranched alkanes of at least 4 members (excludes halogenated alkanes) is 51. The molecule has 17 nitrogen and oxygen atoms in total. The highest BCUT2D eigenvalue weighted by Gasteiger charge is 2.30. The van der Waals surface area contributed by atoms with Gasteiger partial charge in [-0.1, -0.05) is 388 Å². The topological polar surface area (TPSA) is 237 Å². The fourth-order valence-electron chi connectivity index (χ4n) is 12.9. The van der Waals surface area contributed by atoms with Crippen LogP contribution < -0.4 is 0 Å². The minimum atomic E-state index is -4.96. The lowest BCUT2D eigenvalue weighted by Crippen LogP contribution is -2.30. The average Bonchev–Trinajstić information content (AvgIpc) is 0.915. The zero-order valence-corrected chi connectivity index (χ0v) is 68.7. The normalized spacial score (nSPS) is 14.1. The summed E-state index contributed by atoms with van der Waals surface area (Å²) in [7, 11) is -9.92. The molecule has 3 unspecified atom stereocenters. The molecule has 6 atom stereocenters. The first-order valence-electron chi connectivity index (χ1n) is 43.0. The summed E-state index contributed by atoms with van der Waals surface area (Å²) in [6.45, 7) is 9.70. The van der Waals surface area contributed by atoms with Crippen LogP contribution in [-0.2, 0) is 65.4 Å². The molecule has 0 amide bonds. The lowest BCUT2D eigenvalue weighted by Gasteiger charge is -2.21. The van der Waals surface area contributed by atoms with E-state index in [1.807, 2.05) is 0 Å². The number of carbonyl (C=O) groups excluding carboxylic acids is 4. The van der Waals surface area contributed by atoms with Crippen molar-refractivity contribution in [3.8, 4) is 0 Å². The number of phosphoric ester groups is 2. The number of aliphatic hydroxyl groups is 1. The van der Waals surface area contributed by atoms with E-state index in [1.165, 1.54) is 244 Å². The molecule has 0 bridgehead atoms. The van der Waals surface area contributed by atoms with E-state index in [2.05, 4.69) is 41.5 Å². The molecule has 0 saturated carbocycles. The van der Waals surface area contributed by atoms with Gasteiger partial charge in [0.05, 0.1) is 26.4 Å². The fraction of sp³-hybridized carbons (Fsp3) is 0.952. The Kier molecular flexibility index (Phi) is 73.1. The number of phosphoric acid groups is 2. The van der Waals surface area contributed by atoms with E-state index in [9.17, 15) is 43.2 Å². The van der Waals surface area contributed by atoms with Gasteiger partial charge in [-0.2, -0.15) is 0 Å². The average molecular weight is 1490 g/mol. The van der Waals surface area contributed by atoms with Crippen molar-refractivity contribution in [2.45, 2.75) is 458 Å². The summed E-state index contributed by atoms with van der Waals surface area (Å²) in [5.74, 6) is -0.433. The van der Waals surface area contributed by atoms with E-state index in [4.69, 9.17) is 37.0 Å². The number of hydrogen-bond acceptors (Lipinski definition) is 15. The molecule has 0 aromatic rings. The van der Waals surface area contributed by atoms with Crippen molar-refractivity contribution in [2.24, 2.45) is 11.8 Å². The predicted octanol–water partition coefficient (Wildman–Crippen LogP) is 25.1. The molecule has 3 N–H and O–H groups in total. The van der Waals surface area contributed by atoms with Crippen molar-refractivity contribution < 1.29 is 80.2 Å². The Morgan fingerprint density at radius 3 is 0.745 bits per heavy atom. The summed E-state index contributed by atoms with van der Waals surface area (Å²) in [4.78, 5) is 72.9. The van der Waals surface area contributed by atoms with Crippen molar-refractivity contribution in [1.29, 1.82) is 0 Å². The van der Waals surface area contributed by atoms with Gasteiger partial charge in [-0.15, -0.1) is 0 Å². The molecular weight excluding hydrogens is 1330 g/mol. The smallest absolute Gasteiger partial charge is 0.462 e. The summed E-state index contributed by atoms with van der Waals surface area (Å²) < 4.78 is 68.7. The van der Waals surface area contributed by atoms with Crippen LogP contribution in [0, 0.1) is 11.8 Å². The number of esters is 4. The molecule has 0 aromatic heterocycles. The summed E-state index contributed by atoms with van der Waals surface area (Å²) in [6.07, 6.45) is 65.4. The van der Waals surface area contributed by atoms with Gasteiger partial charge in [0.15, 0.2) is 12.2 Å². The van der Waals surface area contributed by atoms with Gasteiger partial charge in [-0.25, -0.2) is 9.13 Å². The van der Waals surface area contributed by atoms with Crippen LogP contribution in [0.25, 0.3) is 0 Å². The molecule has 0 saturated heterocycles. The quantitative estimate of drug-likeness (QED) is 0.0222. The molecule has 0 aromatic carbocycles. The highest BCUT2D eigenvalue weighted by molar-refractivity contribution is 7.47. The number of hydrogen-bond donors (Lipinski definition) is 3. The first kappa shape index (κ1) is 100. The third-order valence-electron chi connectivity index (χ3n) is 19.8. The van der Waals surface area contributed by atoms with Crippen molar-refractivity contribution in [2.75, 3.05) is 39.6 Å². The van der Waals surface area contributed by atoms with Crippen LogP contribution in [0.4, 0.5) is 0 Å². The van der Waals surface area contributed by atoms with Crippen LogP contribution in [0.3, 0.4) is 0 Å². The molecule has 0 radical (unpaired) electrons. The van der Waals surface area contributed by atoms with Gasteiger partial charge in [0.25, 0.3) is 0 Å². The van der Waals surface area contributed by atoms with Gasteiger partial charge in [-0.3, -0.25) is 37.3 Å². The molecule has 0 heterocycles. The van der Waals surface area contributed by atoms with E-state index < -0.39 is 97.5 Å². The van der Waals surface area contributed by atoms with E-state index in [1.54, 1.807) is 0 Å². The van der Waals surface area contributed by atoms with Gasteiger partial charge in [-0.05, 0) is 37.5 Å². The van der Waals surface area contributed by atoms with E-state index in [0.717, 1.165) is 115 Å². The standard InChI is InChI=1S/C83H162O17P2/c1-7-10-12-14-16-17-18-19-25-33-38-43-49-55-61-67-82(87)99-78(71-93-80(85)65-59-53-45-15-13-11-8-2)73-97-101(89,90)95-69-77(84)70-96-102(91,92)98-74-79(72-94-81(86)66-60-54-48-42-37-32-29-24-26-30-35-40-46-51-57-63-75(4)5)100-83(88)68-62-56-50-44-39-34-28-23-21-20-22-27-31-36-41-47-52-58-64-76(6)9-3/h75-79,84H,7-74H2,1-6H3,(H,89,90)(H,91,92)/t76?,77-,78+,79+/m0/s1. The molecule has 102 heavy (non-hydrogen) atoms. The van der Waals surface area contributed by atoms with E-state index >= 15 is 0 Å².